The average Bonchev–Trinajstić information content (AvgIpc) is 2.73. The van der Waals surface area contributed by atoms with Crippen LogP contribution in [0.3, 0.4) is 0 Å². The van der Waals surface area contributed by atoms with Crippen molar-refractivity contribution in [1.82, 2.24) is 0 Å². The maximum absolute atomic E-state index is 11.5. The first kappa shape index (κ1) is 25.3. The van der Waals surface area contributed by atoms with Crippen molar-refractivity contribution in [2.45, 2.75) is 64.7 Å². The SMILES string of the molecule is CC(CO)(CO)CO.CCCCCCOc1ccc(C2CC(=O)CC(=O)C2)cc1. The van der Waals surface area contributed by atoms with Gasteiger partial charge in [0.05, 0.1) is 32.8 Å². The maximum atomic E-state index is 11.5. The summed E-state index contributed by atoms with van der Waals surface area (Å²) in [6.45, 7) is 4.01. The van der Waals surface area contributed by atoms with Gasteiger partial charge in [-0.3, -0.25) is 9.59 Å². The molecule has 0 aromatic heterocycles. The molecule has 0 aliphatic heterocycles. The lowest BCUT2D eigenvalue weighted by Crippen LogP contribution is -2.29. The molecule has 1 aliphatic carbocycles. The van der Waals surface area contributed by atoms with E-state index in [0.29, 0.717) is 12.8 Å². The van der Waals surface area contributed by atoms with Crippen LogP contribution in [0.25, 0.3) is 0 Å². The monoisotopic (exact) mass is 408 g/mol. The van der Waals surface area contributed by atoms with Gasteiger partial charge in [-0.05, 0) is 30.0 Å². The lowest BCUT2D eigenvalue weighted by molar-refractivity contribution is -0.130. The zero-order chi connectivity index (χ0) is 21.7. The van der Waals surface area contributed by atoms with Crippen molar-refractivity contribution < 1.29 is 29.6 Å². The van der Waals surface area contributed by atoms with E-state index in [1.54, 1.807) is 6.92 Å². The van der Waals surface area contributed by atoms with Gasteiger partial charge in [-0.15, -0.1) is 0 Å². The first-order valence-electron chi connectivity index (χ1n) is 10.5. The summed E-state index contributed by atoms with van der Waals surface area (Å²) in [5, 5.41) is 25.4. The van der Waals surface area contributed by atoms with Crippen LogP contribution in [0.2, 0.25) is 0 Å². The predicted octanol–water partition coefficient (Wildman–Crippen LogP) is 3.02. The van der Waals surface area contributed by atoms with E-state index >= 15 is 0 Å². The zero-order valence-corrected chi connectivity index (χ0v) is 17.7. The molecule has 6 heteroatoms. The molecule has 0 radical (unpaired) electrons. The van der Waals surface area contributed by atoms with Crippen molar-refractivity contribution in [2.24, 2.45) is 5.41 Å². The van der Waals surface area contributed by atoms with Crippen molar-refractivity contribution in [3.8, 4) is 5.75 Å². The first-order valence-corrected chi connectivity index (χ1v) is 10.5. The van der Waals surface area contributed by atoms with Crippen LogP contribution in [0.15, 0.2) is 24.3 Å². The fraction of sp³-hybridized carbons (Fsp3) is 0.652. The Morgan fingerprint density at radius 2 is 1.48 bits per heavy atom. The highest BCUT2D eigenvalue weighted by Gasteiger charge is 2.26. The number of hydrogen-bond acceptors (Lipinski definition) is 6. The van der Waals surface area contributed by atoms with Crippen LogP contribution < -0.4 is 4.74 Å². The van der Waals surface area contributed by atoms with E-state index in [0.717, 1.165) is 24.3 Å². The average molecular weight is 409 g/mol. The van der Waals surface area contributed by atoms with Gasteiger partial charge < -0.3 is 20.1 Å². The number of aliphatic hydroxyl groups is 3. The molecule has 1 aromatic rings. The molecule has 1 saturated carbocycles. The summed E-state index contributed by atoms with van der Waals surface area (Å²) in [6.07, 6.45) is 5.88. The van der Waals surface area contributed by atoms with E-state index in [9.17, 15) is 9.59 Å². The Kier molecular flexibility index (Phi) is 11.7. The van der Waals surface area contributed by atoms with E-state index in [1.807, 2.05) is 24.3 Å². The Morgan fingerprint density at radius 1 is 0.931 bits per heavy atom. The number of unbranched alkanes of at least 4 members (excludes halogenated alkanes) is 3. The summed E-state index contributed by atoms with van der Waals surface area (Å²) in [5.41, 5.74) is 0.356. The molecule has 0 unspecified atom stereocenters. The third kappa shape index (κ3) is 9.52. The second-order valence-electron chi connectivity index (χ2n) is 8.12. The molecule has 2 rings (SSSR count). The third-order valence-corrected chi connectivity index (χ3v) is 5.11. The van der Waals surface area contributed by atoms with Gasteiger partial charge in [0.25, 0.3) is 0 Å². The first-order chi connectivity index (χ1) is 13.9. The number of ether oxygens (including phenoxy) is 1. The Labute approximate surface area is 173 Å². The van der Waals surface area contributed by atoms with E-state index in [2.05, 4.69) is 6.92 Å². The molecule has 1 fully saturated rings. The van der Waals surface area contributed by atoms with E-state index in [4.69, 9.17) is 20.1 Å². The Balaban J connectivity index is 0.000000447. The van der Waals surface area contributed by atoms with E-state index < -0.39 is 5.41 Å². The minimum Gasteiger partial charge on any atom is -0.494 e. The molecule has 0 spiro atoms. The number of carbonyl (C=O) groups is 2. The van der Waals surface area contributed by atoms with E-state index in [-0.39, 0.29) is 43.7 Å². The number of carbonyl (C=O) groups excluding carboxylic acids is 2. The van der Waals surface area contributed by atoms with E-state index in [1.165, 1.54) is 19.3 Å². The van der Waals surface area contributed by atoms with Crippen molar-refractivity contribution in [1.29, 1.82) is 0 Å². The number of aliphatic hydroxyl groups excluding tert-OH is 3. The molecular weight excluding hydrogens is 372 g/mol. The van der Waals surface area contributed by atoms with Crippen LogP contribution in [0.1, 0.15) is 70.3 Å². The van der Waals surface area contributed by atoms with Gasteiger partial charge >= 0.3 is 0 Å². The maximum Gasteiger partial charge on any atom is 0.140 e. The van der Waals surface area contributed by atoms with Crippen LogP contribution in [-0.2, 0) is 9.59 Å². The second-order valence-corrected chi connectivity index (χ2v) is 8.12. The van der Waals surface area contributed by atoms with Gasteiger partial charge in [-0.1, -0.05) is 45.2 Å². The molecule has 1 aromatic carbocycles. The molecule has 0 bridgehead atoms. The molecule has 0 atom stereocenters. The Hall–Kier alpha value is -1.76. The fourth-order valence-electron chi connectivity index (χ4n) is 2.93. The number of Topliss-reactive ketones (excluding diaryl/α,β-unsaturated/α-hetero) is 2. The topological polar surface area (TPSA) is 104 Å². The lowest BCUT2D eigenvalue weighted by Gasteiger charge is -2.20. The molecule has 29 heavy (non-hydrogen) atoms. The molecule has 164 valence electrons. The smallest absolute Gasteiger partial charge is 0.140 e. The highest BCUT2D eigenvalue weighted by atomic mass is 16.5. The summed E-state index contributed by atoms with van der Waals surface area (Å²) >= 11 is 0. The standard InChI is InChI=1S/C18H24O3.C5H12O3/c1-2-3-4-5-10-21-18-8-6-14(7-9-18)15-11-16(19)13-17(20)12-15;1-5(2-6,3-7)4-8/h6-9,15H,2-5,10-13H2,1H3;6-8H,2-4H2,1H3. The highest BCUT2D eigenvalue weighted by molar-refractivity contribution is 6.02. The number of ketones is 2. The van der Waals surface area contributed by atoms with Crippen molar-refractivity contribution >= 4 is 11.6 Å². The molecule has 1 aliphatic rings. The van der Waals surface area contributed by atoms with Crippen LogP contribution in [0.4, 0.5) is 0 Å². The molecule has 0 saturated heterocycles. The van der Waals surface area contributed by atoms with Gasteiger partial charge in [0.2, 0.25) is 0 Å². The van der Waals surface area contributed by atoms with Crippen molar-refractivity contribution in [3.63, 3.8) is 0 Å². The number of rotatable bonds is 10. The highest BCUT2D eigenvalue weighted by Crippen LogP contribution is 2.30. The summed E-state index contributed by atoms with van der Waals surface area (Å²) < 4.78 is 5.70. The summed E-state index contributed by atoms with van der Waals surface area (Å²) in [4.78, 5) is 23.0. The third-order valence-electron chi connectivity index (χ3n) is 5.11. The van der Waals surface area contributed by atoms with Crippen molar-refractivity contribution in [3.05, 3.63) is 29.8 Å². The normalized spacial score (nSPS) is 15.1. The van der Waals surface area contributed by atoms with Crippen molar-refractivity contribution in [2.75, 3.05) is 26.4 Å². The number of hydrogen-bond donors (Lipinski definition) is 3. The van der Waals surface area contributed by atoms with Crippen LogP contribution in [0, 0.1) is 5.41 Å². The summed E-state index contributed by atoms with van der Waals surface area (Å²) in [6, 6.07) is 7.85. The molecule has 0 amide bonds. The molecular formula is C23H36O6. The summed E-state index contributed by atoms with van der Waals surface area (Å²) in [7, 11) is 0. The fourth-order valence-corrected chi connectivity index (χ4v) is 2.93. The molecule has 6 nitrogen and oxygen atoms in total. The Morgan fingerprint density at radius 3 is 1.93 bits per heavy atom. The number of benzene rings is 1. The van der Waals surface area contributed by atoms with Gasteiger partial charge in [0.15, 0.2) is 0 Å². The van der Waals surface area contributed by atoms with Gasteiger partial charge in [0, 0.05) is 18.3 Å². The van der Waals surface area contributed by atoms with Gasteiger partial charge in [-0.25, -0.2) is 0 Å². The molecule has 0 heterocycles. The second kappa shape index (κ2) is 13.5. The lowest BCUT2D eigenvalue weighted by atomic mass is 9.83. The molecule has 3 N–H and O–H groups in total. The Bertz CT molecular complexity index is 582. The van der Waals surface area contributed by atoms with Crippen LogP contribution >= 0.6 is 0 Å². The summed E-state index contributed by atoms with van der Waals surface area (Å²) in [5.74, 6) is 1.04. The minimum atomic E-state index is -0.708. The minimum absolute atomic E-state index is 0.0531. The van der Waals surface area contributed by atoms with Crippen LogP contribution in [0.5, 0.6) is 5.75 Å². The predicted molar refractivity (Wildman–Crippen MR) is 112 cm³/mol. The quantitative estimate of drug-likeness (QED) is 0.406. The zero-order valence-electron chi connectivity index (χ0n) is 17.7. The largest absolute Gasteiger partial charge is 0.494 e. The van der Waals surface area contributed by atoms with Gasteiger partial charge in [-0.2, -0.15) is 0 Å². The van der Waals surface area contributed by atoms with Crippen LogP contribution in [-0.4, -0.2) is 53.3 Å². The van der Waals surface area contributed by atoms with Gasteiger partial charge in [0.1, 0.15) is 17.3 Å².